The van der Waals surface area contributed by atoms with Crippen molar-refractivity contribution in [2.75, 3.05) is 0 Å². The zero-order valence-corrected chi connectivity index (χ0v) is 10.9. The normalized spacial score (nSPS) is 12.3. The minimum absolute atomic E-state index is 0.299. The highest BCUT2D eigenvalue weighted by molar-refractivity contribution is 5.27. The molecule has 18 heavy (non-hydrogen) atoms. The summed E-state index contributed by atoms with van der Waals surface area (Å²) in [5.74, 6) is 0.317. The maximum absolute atomic E-state index is 9.40. The van der Waals surface area contributed by atoms with Crippen LogP contribution in [0.5, 0.6) is 5.75 Å². The largest absolute Gasteiger partial charge is 0.508 e. The molecule has 0 saturated heterocycles. The maximum Gasteiger partial charge on any atom is 0.115 e. The molecule has 94 valence electrons. The SMILES string of the molecule is Cc1ccc([C@H](C)NCc2cccc(O)c2)cc1. The van der Waals surface area contributed by atoms with Crippen molar-refractivity contribution in [3.8, 4) is 5.75 Å². The highest BCUT2D eigenvalue weighted by Gasteiger charge is 2.04. The van der Waals surface area contributed by atoms with E-state index in [-0.39, 0.29) is 0 Å². The van der Waals surface area contributed by atoms with Gasteiger partial charge in [-0.3, -0.25) is 0 Å². The third kappa shape index (κ3) is 3.34. The number of rotatable bonds is 4. The van der Waals surface area contributed by atoms with E-state index in [0.29, 0.717) is 11.8 Å². The van der Waals surface area contributed by atoms with E-state index in [1.54, 1.807) is 12.1 Å². The number of phenolic OH excluding ortho intramolecular Hbond substituents is 1. The lowest BCUT2D eigenvalue weighted by atomic mass is 10.1. The van der Waals surface area contributed by atoms with Gasteiger partial charge in [-0.2, -0.15) is 0 Å². The molecule has 0 unspecified atom stereocenters. The Morgan fingerprint density at radius 2 is 1.83 bits per heavy atom. The van der Waals surface area contributed by atoms with Crippen molar-refractivity contribution in [3.05, 3.63) is 65.2 Å². The minimum atomic E-state index is 0.299. The molecule has 0 aromatic heterocycles. The lowest BCUT2D eigenvalue weighted by molar-refractivity contribution is 0.473. The van der Waals surface area contributed by atoms with Crippen LogP contribution in [0.4, 0.5) is 0 Å². The molecule has 0 spiro atoms. The zero-order valence-electron chi connectivity index (χ0n) is 10.9. The van der Waals surface area contributed by atoms with E-state index in [0.717, 1.165) is 12.1 Å². The minimum Gasteiger partial charge on any atom is -0.508 e. The summed E-state index contributed by atoms with van der Waals surface area (Å²) >= 11 is 0. The Morgan fingerprint density at radius 3 is 2.50 bits per heavy atom. The first-order chi connectivity index (χ1) is 8.65. The molecule has 2 heteroatoms. The summed E-state index contributed by atoms with van der Waals surface area (Å²) < 4.78 is 0. The standard InChI is InChI=1S/C16H19NO/c1-12-6-8-15(9-7-12)13(2)17-11-14-4-3-5-16(18)10-14/h3-10,13,17-18H,11H2,1-2H3/t13-/m0/s1. The summed E-state index contributed by atoms with van der Waals surface area (Å²) in [6, 6.07) is 16.2. The van der Waals surface area contributed by atoms with Gasteiger partial charge in [0.25, 0.3) is 0 Å². The molecule has 0 aliphatic rings. The summed E-state index contributed by atoms with van der Waals surface area (Å²) in [6.45, 7) is 4.99. The average molecular weight is 241 g/mol. The summed E-state index contributed by atoms with van der Waals surface area (Å²) in [5, 5.41) is 12.8. The Labute approximate surface area is 108 Å². The van der Waals surface area contributed by atoms with E-state index in [4.69, 9.17) is 0 Å². The maximum atomic E-state index is 9.40. The number of aromatic hydroxyl groups is 1. The summed E-state index contributed by atoms with van der Waals surface area (Å²) in [6.07, 6.45) is 0. The zero-order chi connectivity index (χ0) is 13.0. The second kappa shape index (κ2) is 5.69. The molecule has 2 rings (SSSR count). The molecule has 1 atom stereocenters. The van der Waals surface area contributed by atoms with Crippen LogP contribution in [-0.2, 0) is 6.54 Å². The molecule has 0 saturated carbocycles. The van der Waals surface area contributed by atoms with Crippen molar-refractivity contribution >= 4 is 0 Å². The molecule has 0 bridgehead atoms. The van der Waals surface area contributed by atoms with Gasteiger partial charge in [-0.15, -0.1) is 0 Å². The van der Waals surface area contributed by atoms with Crippen molar-refractivity contribution < 1.29 is 5.11 Å². The molecule has 0 radical (unpaired) electrons. The van der Waals surface area contributed by atoms with E-state index in [1.807, 2.05) is 12.1 Å². The van der Waals surface area contributed by atoms with Gasteiger partial charge in [0.1, 0.15) is 5.75 Å². The van der Waals surface area contributed by atoms with Crippen LogP contribution >= 0.6 is 0 Å². The van der Waals surface area contributed by atoms with Crippen LogP contribution in [0.25, 0.3) is 0 Å². The second-order valence-corrected chi connectivity index (χ2v) is 4.68. The molecule has 2 N–H and O–H groups in total. The monoisotopic (exact) mass is 241 g/mol. The van der Waals surface area contributed by atoms with Gasteiger partial charge in [-0.25, -0.2) is 0 Å². The molecule has 0 aliphatic carbocycles. The van der Waals surface area contributed by atoms with Gasteiger partial charge in [0, 0.05) is 12.6 Å². The first-order valence-corrected chi connectivity index (χ1v) is 6.23. The average Bonchev–Trinajstić information content (AvgIpc) is 2.37. The van der Waals surface area contributed by atoms with Crippen molar-refractivity contribution in [1.82, 2.24) is 5.32 Å². The molecule has 0 heterocycles. The fraction of sp³-hybridized carbons (Fsp3) is 0.250. The molecule has 2 aromatic rings. The summed E-state index contributed by atoms with van der Waals surface area (Å²) in [5.41, 5.74) is 3.65. The molecule has 0 fully saturated rings. The predicted octanol–water partition coefficient (Wildman–Crippen LogP) is 3.55. The fourth-order valence-corrected chi connectivity index (χ4v) is 1.91. The van der Waals surface area contributed by atoms with Crippen LogP contribution in [0.2, 0.25) is 0 Å². The quantitative estimate of drug-likeness (QED) is 0.858. The van der Waals surface area contributed by atoms with Gasteiger partial charge in [-0.05, 0) is 37.1 Å². The van der Waals surface area contributed by atoms with Gasteiger partial charge in [0.15, 0.2) is 0 Å². The Morgan fingerprint density at radius 1 is 1.11 bits per heavy atom. The Bertz CT molecular complexity index is 505. The van der Waals surface area contributed by atoms with Gasteiger partial charge in [-0.1, -0.05) is 42.0 Å². The third-order valence-electron chi connectivity index (χ3n) is 3.10. The predicted molar refractivity (Wildman–Crippen MR) is 74.5 cm³/mol. The Hall–Kier alpha value is -1.80. The topological polar surface area (TPSA) is 32.3 Å². The number of aryl methyl sites for hydroxylation is 1. The van der Waals surface area contributed by atoms with Crippen molar-refractivity contribution in [2.45, 2.75) is 26.4 Å². The third-order valence-corrected chi connectivity index (χ3v) is 3.10. The summed E-state index contributed by atoms with van der Waals surface area (Å²) in [7, 11) is 0. The van der Waals surface area contributed by atoms with E-state index in [1.165, 1.54) is 11.1 Å². The molecule has 2 nitrogen and oxygen atoms in total. The number of hydrogen-bond acceptors (Lipinski definition) is 2. The van der Waals surface area contributed by atoms with E-state index in [2.05, 4.69) is 43.4 Å². The first-order valence-electron chi connectivity index (χ1n) is 6.23. The van der Waals surface area contributed by atoms with Crippen molar-refractivity contribution in [3.63, 3.8) is 0 Å². The first kappa shape index (κ1) is 12.7. The number of phenols is 1. The Kier molecular flexibility index (Phi) is 4.00. The number of benzene rings is 2. The van der Waals surface area contributed by atoms with Crippen LogP contribution in [0.15, 0.2) is 48.5 Å². The van der Waals surface area contributed by atoms with Crippen molar-refractivity contribution in [2.24, 2.45) is 0 Å². The molecular formula is C16H19NO. The lowest BCUT2D eigenvalue weighted by Crippen LogP contribution is -2.17. The van der Waals surface area contributed by atoms with E-state index in [9.17, 15) is 5.11 Å². The molecular weight excluding hydrogens is 222 g/mol. The smallest absolute Gasteiger partial charge is 0.115 e. The fourth-order valence-electron chi connectivity index (χ4n) is 1.91. The molecule has 0 amide bonds. The second-order valence-electron chi connectivity index (χ2n) is 4.68. The van der Waals surface area contributed by atoms with Crippen LogP contribution in [-0.4, -0.2) is 5.11 Å². The van der Waals surface area contributed by atoms with Crippen LogP contribution in [0, 0.1) is 6.92 Å². The van der Waals surface area contributed by atoms with Crippen molar-refractivity contribution in [1.29, 1.82) is 0 Å². The lowest BCUT2D eigenvalue weighted by Gasteiger charge is -2.14. The van der Waals surface area contributed by atoms with E-state index >= 15 is 0 Å². The summed E-state index contributed by atoms with van der Waals surface area (Å²) in [4.78, 5) is 0. The van der Waals surface area contributed by atoms with Crippen LogP contribution in [0.1, 0.15) is 29.7 Å². The Balaban J connectivity index is 1.96. The van der Waals surface area contributed by atoms with Crippen LogP contribution < -0.4 is 5.32 Å². The van der Waals surface area contributed by atoms with E-state index < -0.39 is 0 Å². The van der Waals surface area contributed by atoms with Gasteiger partial charge in [0.05, 0.1) is 0 Å². The number of nitrogens with one attached hydrogen (secondary N) is 1. The highest BCUT2D eigenvalue weighted by atomic mass is 16.3. The molecule has 0 aliphatic heterocycles. The van der Waals surface area contributed by atoms with Gasteiger partial charge < -0.3 is 10.4 Å². The molecule has 2 aromatic carbocycles. The highest BCUT2D eigenvalue weighted by Crippen LogP contribution is 2.15. The number of hydrogen-bond donors (Lipinski definition) is 2. The van der Waals surface area contributed by atoms with Gasteiger partial charge in [0.2, 0.25) is 0 Å². The van der Waals surface area contributed by atoms with Gasteiger partial charge >= 0.3 is 0 Å². The van der Waals surface area contributed by atoms with Crippen LogP contribution in [0.3, 0.4) is 0 Å².